The van der Waals surface area contributed by atoms with Crippen LogP contribution >= 0.6 is 0 Å². The van der Waals surface area contributed by atoms with Crippen LogP contribution < -0.4 is 10.2 Å². The number of anilines is 1. The first kappa shape index (κ1) is 17.2. The molecule has 4 rings (SSSR count). The van der Waals surface area contributed by atoms with E-state index in [-0.39, 0.29) is 11.6 Å². The van der Waals surface area contributed by atoms with Crippen molar-refractivity contribution in [1.82, 2.24) is 34.6 Å². The molecule has 0 aliphatic carbocycles. The smallest absolute Gasteiger partial charge is 0.272 e. The summed E-state index contributed by atoms with van der Waals surface area (Å²) in [5.74, 6) is 1.89. The molecule has 0 unspecified atom stereocenters. The van der Waals surface area contributed by atoms with Gasteiger partial charge in [-0.2, -0.15) is 0 Å². The van der Waals surface area contributed by atoms with Crippen molar-refractivity contribution in [2.45, 2.75) is 18.9 Å². The van der Waals surface area contributed by atoms with Gasteiger partial charge in [0.1, 0.15) is 17.7 Å². The molecule has 4 heterocycles. The summed E-state index contributed by atoms with van der Waals surface area (Å²) in [6.45, 7) is 1.97. The highest BCUT2D eigenvalue weighted by atomic mass is 16.2. The zero-order chi connectivity index (χ0) is 18.8. The Morgan fingerprint density at radius 3 is 2.11 bits per heavy atom. The summed E-state index contributed by atoms with van der Waals surface area (Å²) in [4.78, 5) is 23.7. The van der Waals surface area contributed by atoms with Crippen LogP contribution in [0.5, 0.6) is 0 Å². The van der Waals surface area contributed by atoms with Crippen molar-refractivity contribution in [3.63, 3.8) is 0 Å². The molecule has 1 N–H and O–H groups in total. The Balaban J connectivity index is 1.57. The van der Waals surface area contributed by atoms with Crippen LogP contribution in [0.1, 0.15) is 41.0 Å². The molecule has 27 heavy (non-hydrogen) atoms. The van der Waals surface area contributed by atoms with Gasteiger partial charge in [0.15, 0.2) is 11.5 Å². The highest BCUT2D eigenvalue weighted by molar-refractivity contribution is 5.92. The summed E-state index contributed by atoms with van der Waals surface area (Å²) in [6, 6.07) is 3.07. The summed E-state index contributed by atoms with van der Waals surface area (Å²) in [5.41, 5.74) is 0.270. The van der Waals surface area contributed by atoms with Crippen LogP contribution in [0.3, 0.4) is 0 Å². The molecule has 1 fully saturated rings. The summed E-state index contributed by atoms with van der Waals surface area (Å²) in [5, 5.41) is 11.3. The Bertz CT molecular complexity index is 883. The van der Waals surface area contributed by atoms with Crippen molar-refractivity contribution in [3.05, 3.63) is 54.3 Å². The maximum absolute atomic E-state index is 12.8. The van der Waals surface area contributed by atoms with Gasteiger partial charge in [0.2, 0.25) is 0 Å². The molecule has 0 atom stereocenters. The van der Waals surface area contributed by atoms with E-state index in [1.54, 1.807) is 18.5 Å². The molecule has 9 heteroatoms. The second kappa shape index (κ2) is 7.18. The standard InChI is InChI=1S/C18H22N8O/c1-24-11-7-19-16(24)15(17-20-8-12-25(17)2)21-18(27)13-5-6-14(23-22-13)26-9-3-4-10-26/h5-8,11-12,15H,3-4,9-10H2,1-2H3,(H,21,27). The minimum atomic E-state index is -0.488. The topological polar surface area (TPSA) is 93.8 Å². The average Bonchev–Trinajstić information content (AvgIpc) is 3.42. The van der Waals surface area contributed by atoms with Crippen molar-refractivity contribution < 1.29 is 4.79 Å². The number of nitrogens with zero attached hydrogens (tertiary/aromatic N) is 7. The number of aryl methyl sites for hydroxylation is 2. The van der Waals surface area contributed by atoms with Gasteiger partial charge in [-0.15, -0.1) is 10.2 Å². The van der Waals surface area contributed by atoms with Crippen molar-refractivity contribution in [2.75, 3.05) is 18.0 Å². The maximum Gasteiger partial charge on any atom is 0.272 e. The molecule has 3 aromatic rings. The van der Waals surface area contributed by atoms with Gasteiger partial charge in [-0.3, -0.25) is 4.79 Å². The summed E-state index contributed by atoms with van der Waals surface area (Å²) in [7, 11) is 3.77. The third-order valence-electron chi connectivity index (χ3n) is 4.82. The Labute approximate surface area is 157 Å². The highest BCUT2D eigenvalue weighted by Crippen LogP contribution is 2.20. The van der Waals surface area contributed by atoms with Crippen LogP contribution in [0.15, 0.2) is 36.9 Å². The number of nitrogens with one attached hydrogen (secondary N) is 1. The zero-order valence-electron chi connectivity index (χ0n) is 15.4. The number of hydrogen-bond donors (Lipinski definition) is 1. The first-order valence-corrected chi connectivity index (χ1v) is 8.97. The van der Waals surface area contributed by atoms with Gasteiger partial charge in [0, 0.05) is 52.0 Å². The van der Waals surface area contributed by atoms with Gasteiger partial charge in [0.05, 0.1) is 0 Å². The van der Waals surface area contributed by atoms with Gasteiger partial charge in [0.25, 0.3) is 5.91 Å². The first-order chi connectivity index (χ1) is 13.1. The van der Waals surface area contributed by atoms with E-state index in [1.165, 1.54) is 12.8 Å². The van der Waals surface area contributed by atoms with Crippen LogP contribution in [0.25, 0.3) is 0 Å². The molecule has 1 aliphatic heterocycles. The van der Waals surface area contributed by atoms with E-state index in [0.29, 0.717) is 11.6 Å². The molecule has 1 amide bonds. The SMILES string of the molecule is Cn1ccnc1C(NC(=O)c1ccc(N2CCCC2)nn1)c1nccn1C. The van der Waals surface area contributed by atoms with E-state index >= 15 is 0 Å². The van der Waals surface area contributed by atoms with Crippen molar-refractivity contribution in [1.29, 1.82) is 0 Å². The zero-order valence-corrected chi connectivity index (χ0v) is 15.4. The average molecular weight is 366 g/mol. The summed E-state index contributed by atoms with van der Waals surface area (Å²) < 4.78 is 3.73. The molecule has 3 aromatic heterocycles. The molecule has 0 saturated carbocycles. The second-order valence-corrected chi connectivity index (χ2v) is 6.67. The summed E-state index contributed by atoms with van der Waals surface area (Å²) in [6.07, 6.45) is 9.40. The molecule has 0 bridgehead atoms. The normalized spacial score (nSPS) is 14.1. The monoisotopic (exact) mass is 366 g/mol. The minimum Gasteiger partial charge on any atom is -0.355 e. The molecular weight excluding hydrogens is 344 g/mol. The third-order valence-corrected chi connectivity index (χ3v) is 4.82. The number of carbonyl (C=O) groups is 1. The maximum atomic E-state index is 12.8. The molecule has 0 radical (unpaired) electrons. The number of imidazole rings is 2. The lowest BCUT2D eigenvalue weighted by Crippen LogP contribution is -2.33. The number of rotatable bonds is 5. The van der Waals surface area contributed by atoms with Crippen LogP contribution in [0.4, 0.5) is 5.82 Å². The quantitative estimate of drug-likeness (QED) is 0.726. The third kappa shape index (κ3) is 3.40. The van der Waals surface area contributed by atoms with Crippen molar-refractivity contribution in [3.8, 4) is 0 Å². The van der Waals surface area contributed by atoms with E-state index in [4.69, 9.17) is 0 Å². The van der Waals surface area contributed by atoms with E-state index in [9.17, 15) is 4.79 Å². The Kier molecular flexibility index (Phi) is 4.57. The molecule has 0 aromatic carbocycles. The van der Waals surface area contributed by atoms with E-state index < -0.39 is 6.04 Å². The fraction of sp³-hybridized carbons (Fsp3) is 0.389. The largest absolute Gasteiger partial charge is 0.355 e. The lowest BCUT2D eigenvalue weighted by molar-refractivity contribution is 0.0933. The van der Waals surface area contributed by atoms with Crippen molar-refractivity contribution >= 4 is 11.7 Å². The molecule has 9 nitrogen and oxygen atoms in total. The van der Waals surface area contributed by atoms with Crippen LogP contribution in [-0.4, -0.2) is 48.3 Å². The molecule has 0 spiro atoms. The lowest BCUT2D eigenvalue weighted by Gasteiger charge is -2.18. The highest BCUT2D eigenvalue weighted by Gasteiger charge is 2.25. The van der Waals surface area contributed by atoms with Gasteiger partial charge in [-0.1, -0.05) is 0 Å². The Hall–Kier alpha value is -3.23. The van der Waals surface area contributed by atoms with Gasteiger partial charge < -0.3 is 19.4 Å². The van der Waals surface area contributed by atoms with Gasteiger partial charge >= 0.3 is 0 Å². The minimum absolute atomic E-state index is 0.270. The molecular formula is C18H22N8O. The lowest BCUT2D eigenvalue weighted by atomic mass is 10.2. The number of amides is 1. The Morgan fingerprint density at radius 1 is 1.00 bits per heavy atom. The fourth-order valence-corrected chi connectivity index (χ4v) is 3.32. The van der Waals surface area contributed by atoms with E-state index in [1.807, 2.05) is 41.7 Å². The van der Waals surface area contributed by atoms with E-state index in [0.717, 1.165) is 18.9 Å². The molecule has 1 aliphatic rings. The number of aromatic nitrogens is 6. The van der Waals surface area contributed by atoms with Crippen LogP contribution in [0.2, 0.25) is 0 Å². The first-order valence-electron chi connectivity index (χ1n) is 8.97. The van der Waals surface area contributed by atoms with E-state index in [2.05, 4.69) is 30.4 Å². The second-order valence-electron chi connectivity index (χ2n) is 6.67. The fourth-order valence-electron chi connectivity index (χ4n) is 3.32. The van der Waals surface area contributed by atoms with Crippen LogP contribution in [-0.2, 0) is 14.1 Å². The molecule has 140 valence electrons. The molecule has 1 saturated heterocycles. The van der Waals surface area contributed by atoms with Gasteiger partial charge in [-0.05, 0) is 25.0 Å². The van der Waals surface area contributed by atoms with Crippen LogP contribution in [0, 0.1) is 0 Å². The predicted octanol–water partition coefficient (Wildman–Crippen LogP) is 1.06. The number of hydrogen-bond acceptors (Lipinski definition) is 6. The predicted molar refractivity (Wildman–Crippen MR) is 99.2 cm³/mol. The number of carbonyl (C=O) groups excluding carboxylic acids is 1. The summed E-state index contributed by atoms with van der Waals surface area (Å²) >= 11 is 0. The van der Waals surface area contributed by atoms with Gasteiger partial charge in [-0.25, -0.2) is 9.97 Å². The Morgan fingerprint density at radius 2 is 1.63 bits per heavy atom. The van der Waals surface area contributed by atoms with Crippen molar-refractivity contribution in [2.24, 2.45) is 14.1 Å².